The zero-order valence-electron chi connectivity index (χ0n) is 14.8. The third kappa shape index (κ3) is 4.21. The van der Waals surface area contributed by atoms with Gasteiger partial charge in [-0.3, -0.25) is 4.79 Å². The van der Waals surface area contributed by atoms with Gasteiger partial charge in [0.15, 0.2) is 0 Å². The van der Waals surface area contributed by atoms with Crippen molar-refractivity contribution in [3.8, 4) is 5.75 Å². The summed E-state index contributed by atoms with van der Waals surface area (Å²) >= 11 is 0. The molecule has 0 spiro atoms. The third-order valence-electron chi connectivity index (χ3n) is 4.49. The van der Waals surface area contributed by atoms with Crippen LogP contribution in [0.3, 0.4) is 0 Å². The van der Waals surface area contributed by atoms with Gasteiger partial charge in [0.1, 0.15) is 12.4 Å². The Morgan fingerprint density at radius 1 is 1.12 bits per heavy atom. The Morgan fingerprint density at radius 3 is 2.72 bits per heavy atom. The number of nitrogens with one attached hydrogen (secondary N) is 1. The van der Waals surface area contributed by atoms with E-state index in [9.17, 15) is 4.79 Å². The van der Waals surface area contributed by atoms with E-state index in [1.54, 1.807) is 4.90 Å². The lowest BCUT2D eigenvalue weighted by Crippen LogP contribution is -2.31. The molecule has 4 heteroatoms. The van der Waals surface area contributed by atoms with E-state index >= 15 is 0 Å². The molecule has 0 unspecified atom stereocenters. The van der Waals surface area contributed by atoms with Crippen LogP contribution in [0.1, 0.15) is 17.5 Å². The van der Waals surface area contributed by atoms with E-state index in [2.05, 4.69) is 17.1 Å². The summed E-state index contributed by atoms with van der Waals surface area (Å²) in [5.74, 6) is 1.01. The number of hydrogen-bond acceptors (Lipinski definition) is 2. The fourth-order valence-electron chi connectivity index (χ4n) is 2.91. The van der Waals surface area contributed by atoms with Crippen molar-refractivity contribution < 1.29 is 9.53 Å². The molecule has 1 N–H and O–H groups in total. The van der Waals surface area contributed by atoms with E-state index in [-0.39, 0.29) is 5.91 Å². The highest BCUT2D eigenvalue weighted by Gasteiger charge is 2.11. The van der Waals surface area contributed by atoms with Crippen LogP contribution >= 0.6 is 0 Å². The summed E-state index contributed by atoms with van der Waals surface area (Å²) in [6.45, 7) is 3.10. The van der Waals surface area contributed by atoms with Crippen molar-refractivity contribution in [3.05, 3.63) is 65.9 Å². The number of ether oxygens (including phenoxy) is 1. The summed E-state index contributed by atoms with van der Waals surface area (Å²) in [7, 11) is 1.83. The maximum atomic E-state index is 12.3. The fraction of sp³-hybridized carbons (Fsp3) is 0.286. The second-order valence-electron chi connectivity index (χ2n) is 6.29. The number of fused-ring (bicyclic) bond motifs is 1. The number of carbonyl (C=O) groups is 1. The molecule has 130 valence electrons. The SMILES string of the molecule is Cc1ccccc1OCCN(C)C(=O)CCc1c[nH]c2ccccc12. The van der Waals surface area contributed by atoms with Crippen LogP contribution in [0.25, 0.3) is 10.9 Å². The Bertz CT molecular complexity index is 854. The quantitative estimate of drug-likeness (QED) is 0.710. The summed E-state index contributed by atoms with van der Waals surface area (Å²) in [5.41, 5.74) is 3.41. The highest BCUT2D eigenvalue weighted by Crippen LogP contribution is 2.19. The monoisotopic (exact) mass is 336 g/mol. The average molecular weight is 336 g/mol. The van der Waals surface area contributed by atoms with Crippen molar-refractivity contribution in [1.29, 1.82) is 0 Å². The molecule has 1 amide bonds. The Kier molecular flexibility index (Phi) is 5.39. The predicted octanol–water partition coefficient (Wildman–Crippen LogP) is 3.95. The molecule has 0 saturated carbocycles. The van der Waals surface area contributed by atoms with Crippen molar-refractivity contribution >= 4 is 16.8 Å². The normalized spacial score (nSPS) is 10.8. The largest absolute Gasteiger partial charge is 0.491 e. The van der Waals surface area contributed by atoms with Gasteiger partial charge in [-0.25, -0.2) is 0 Å². The van der Waals surface area contributed by atoms with Crippen LogP contribution < -0.4 is 4.74 Å². The summed E-state index contributed by atoms with van der Waals surface area (Å²) < 4.78 is 5.77. The van der Waals surface area contributed by atoms with Crippen LogP contribution in [0, 0.1) is 6.92 Å². The molecule has 0 saturated heterocycles. The van der Waals surface area contributed by atoms with E-state index in [4.69, 9.17) is 4.74 Å². The Balaban J connectivity index is 1.47. The molecule has 2 aromatic carbocycles. The maximum Gasteiger partial charge on any atom is 0.222 e. The number of benzene rings is 2. The van der Waals surface area contributed by atoms with Crippen LogP contribution in [0.2, 0.25) is 0 Å². The summed E-state index contributed by atoms with van der Waals surface area (Å²) in [6.07, 6.45) is 3.24. The van der Waals surface area contributed by atoms with E-state index in [0.29, 0.717) is 19.6 Å². The molecule has 1 heterocycles. The lowest BCUT2D eigenvalue weighted by atomic mass is 10.1. The Hall–Kier alpha value is -2.75. The summed E-state index contributed by atoms with van der Waals surface area (Å²) in [4.78, 5) is 17.3. The molecule has 3 rings (SSSR count). The minimum Gasteiger partial charge on any atom is -0.491 e. The minimum absolute atomic E-state index is 0.138. The molecular weight excluding hydrogens is 312 g/mol. The molecule has 0 aliphatic carbocycles. The first-order valence-corrected chi connectivity index (χ1v) is 8.62. The number of aryl methyl sites for hydroxylation is 2. The number of H-pyrrole nitrogens is 1. The molecule has 0 fully saturated rings. The summed E-state index contributed by atoms with van der Waals surface area (Å²) in [6, 6.07) is 16.1. The van der Waals surface area contributed by atoms with E-state index < -0.39 is 0 Å². The van der Waals surface area contributed by atoms with Crippen molar-refractivity contribution in [2.24, 2.45) is 0 Å². The van der Waals surface area contributed by atoms with Gasteiger partial charge in [0, 0.05) is 30.6 Å². The van der Waals surface area contributed by atoms with Crippen molar-refractivity contribution in [2.45, 2.75) is 19.8 Å². The second-order valence-corrected chi connectivity index (χ2v) is 6.29. The van der Waals surface area contributed by atoms with Gasteiger partial charge in [0.25, 0.3) is 0 Å². The molecule has 4 nitrogen and oxygen atoms in total. The number of carbonyl (C=O) groups excluding carboxylic acids is 1. The molecule has 0 radical (unpaired) electrons. The Morgan fingerprint density at radius 2 is 1.88 bits per heavy atom. The van der Waals surface area contributed by atoms with Crippen LogP contribution in [0.5, 0.6) is 5.75 Å². The number of aromatic amines is 1. The average Bonchev–Trinajstić information content (AvgIpc) is 3.04. The van der Waals surface area contributed by atoms with Crippen LogP contribution in [0.4, 0.5) is 0 Å². The highest BCUT2D eigenvalue weighted by atomic mass is 16.5. The van der Waals surface area contributed by atoms with Gasteiger partial charge in [-0.2, -0.15) is 0 Å². The van der Waals surface area contributed by atoms with Crippen LogP contribution in [0.15, 0.2) is 54.7 Å². The van der Waals surface area contributed by atoms with Gasteiger partial charge in [-0.15, -0.1) is 0 Å². The number of amides is 1. The van der Waals surface area contributed by atoms with Gasteiger partial charge in [-0.05, 0) is 36.6 Å². The molecule has 0 aliphatic heterocycles. The Labute approximate surface area is 148 Å². The van der Waals surface area contributed by atoms with Crippen molar-refractivity contribution in [1.82, 2.24) is 9.88 Å². The molecule has 25 heavy (non-hydrogen) atoms. The maximum absolute atomic E-state index is 12.3. The van der Waals surface area contributed by atoms with Gasteiger partial charge in [0.2, 0.25) is 5.91 Å². The number of rotatable bonds is 7. The second kappa shape index (κ2) is 7.88. The number of para-hydroxylation sites is 2. The first kappa shape index (κ1) is 17.1. The topological polar surface area (TPSA) is 45.3 Å². The van der Waals surface area contributed by atoms with Crippen molar-refractivity contribution in [2.75, 3.05) is 20.2 Å². The third-order valence-corrected chi connectivity index (χ3v) is 4.49. The molecular formula is C21H24N2O2. The first-order chi connectivity index (χ1) is 12.1. The zero-order valence-corrected chi connectivity index (χ0v) is 14.8. The van der Waals surface area contributed by atoms with E-state index in [1.807, 2.05) is 56.6 Å². The molecule has 1 aromatic heterocycles. The summed E-state index contributed by atoms with van der Waals surface area (Å²) in [5, 5.41) is 1.20. The molecule has 0 bridgehead atoms. The number of hydrogen-bond donors (Lipinski definition) is 1. The molecule has 0 atom stereocenters. The lowest BCUT2D eigenvalue weighted by Gasteiger charge is -2.18. The lowest BCUT2D eigenvalue weighted by molar-refractivity contribution is -0.130. The molecule has 3 aromatic rings. The standard InChI is InChI=1S/C21H24N2O2/c1-16-7-3-6-10-20(16)25-14-13-23(2)21(24)12-11-17-15-22-19-9-5-4-8-18(17)19/h3-10,15,22H,11-14H2,1-2H3. The smallest absolute Gasteiger partial charge is 0.222 e. The molecule has 0 aliphatic rings. The van der Waals surface area contributed by atoms with E-state index in [1.165, 1.54) is 10.9 Å². The van der Waals surface area contributed by atoms with Gasteiger partial charge >= 0.3 is 0 Å². The fourth-order valence-corrected chi connectivity index (χ4v) is 2.91. The van der Waals surface area contributed by atoms with Gasteiger partial charge in [0.05, 0.1) is 6.54 Å². The minimum atomic E-state index is 0.138. The van der Waals surface area contributed by atoms with Gasteiger partial charge < -0.3 is 14.6 Å². The van der Waals surface area contributed by atoms with Crippen LogP contribution in [-0.2, 0) is 11.2 Å². The predicted molar refractivity (Wildman–Crippen MR) is 101 cm³/mol. The number of aromatic nitrogens is 1. The van der Waals surface area contributed by atoms with E-state index in [0.717, 1.165) is 23.3 Å². The van der Waals surface area contributed by atoms with Crippen LogP contribution in [-0.4, -0.2) is 36.0 Å². The van der Waals surface area contributed by atoms with Gasteiger partial charge in [-0.1, -0.05) is 36.4 Å². The number of likely N-dealkylation sites (N-methyl/N-ethyl adjacent to an activating group) is 1. The first-order valence-electron chi connectivity index (χ1n) is 8.62. The zero-order chi connectivity index (χ0) is 17.6. The number of nitrogens with zero attached hydrogens (tertiary/aromatic N) is 1. The van der Waals surface area contributed by atoms with Crippen molar-refractivity contribution in [3.63, 3.8) is 0 Å². The highest BCUT2D eigenvalue weighted by molar-refractivity contribution is 5.84.